The molecule has 0 unspecified atom stereocenters. The van der Waals surface area contributed by atoms with Crippen LogP contribution in [-0.2, 0) is 16.0 Å². The van der Waals surface area contributed by atoms with Gasteiger partial charge in [0.05, 0.1) is 23.8 Å². The molecule has 1 aliphatic heterocycles. The van der Waals surface area contributed by atoms with Crippen LogP contribution in [0.25, 0.3) is 10.2 Å². The maximum Gasteiger partial charge on any atom is 0.234 e. The quantitative estimate of drug-likeness (QED) is 0.645. The molecule has 4 rings (SSSR count). The van der Waals surface area contributed by atoms with Gasteiger partial charge in [0.25, 0.3) is 0 Å². The van der Waals surface area contributed by atoms with Gasteiger partial charge in [-0.15, -0.1) is 11.3 Å². The zero-order valence-corrected chi connectivity index (χ0v) is 15.4. The van der Waals surface area contributed by atoms with Gasteiger partial charge in [-0.3, -0.25) is 9.69 Å². The van der Waals surface area contributed by atoms with Crippen LogP contribution in [-0.4, -0.2) is 30.1 Å². The van der Waals surface area contributed by atoms with E-state index in [9.17, 15) is 13.6 Å². The molecule has 2 aromatic heterocycles. The molecule has 3 heterocycles. The number of carbonyl (C=O) groups is 1. The number of thiazole rings is 1. The molecule has 0 aliphatic carbocycles. The number of fused-ring (bicyclic) bond motifs is 1. The highest BCUT2D eigenvalue weighted by Crippen LogP contribution is 2.32. The van der Waals surface area contributed by atoms with Crippen LogP contribution in [0, 0.1) is 11.6 Å². The summed E-state index contributed by atoms with van der Waals surface area (Å²) in [4.78, 5) is 19.7. The third-order valence-electron chi connectivity index (χ3n) is 4.25. The number of benzene rings is 1. The average Bonchev–Trinajstić information content (AvgIpc) is 3.33. The molecule has 0 N–H and O–H groups in total. The van der Waals surface area contributed by atoms with E-state index < -0.39 is 11.6 Å². The molecular weight excluding hydrogens is 378 g/mol. The van der Waals surface area contributed by atoms with Crippen molar-refractivity contribution in [3.05, 3.63) is 46.2 Å². The topological polar surface area (TPSA) is 42.4 Å². The Bertz CT molecular complexity index is 921. The molecule has 0 spiro atoms. The van der Waals surface area contributed by atoms with Crippen LogP contribution in [0.15, 0.2) is 29.6 Å². The second-order valence-corrected chi connectivity index (χ2v) is 8.17. The zero-order chi connectivity index (χ0) is 18.1. The van der Waals surface area contributed by atoms with Crippen molar-refractivity contribution in [3.8, 4) is 0 Å². The van der Waals surface area contributed by atoms with E-state index in [4.69, 9.17) is 4.74 Å². The van der Waals surface area contributed by atoms with Crippen molar-refractivity contribution in [2.45, 2.75) is 25.4 Å². The summed E-state index contributed by atoms with van der Waals surface area (Å²) < 4.78 is 33.5. The van der Waals surface area contributed by atoms with Crippen LogP contribution >= 0.6 is 22.7 Å². The molecular formula is C18H16F2N2O2S2. The first-order valence-corrected chi connectivity index (χ1v) is 9.99. The summed E-state index contributed by atoms with van der Waals surface area (Å²) in [6, 6.07) is 5.85. The Hall–Kier alpha value is -1.90. The van der Waals surface area contributed by atoms with Crippen LogP contribution in [0.3, 0.4) is 0 Å². The predicted octanol–water partition coefficient (Wildman–Crippen LogP) is 4.39. The highest BCUT2D eigenvalue weighted by Gasteiger charge is 2.27. The molecule has 1 amide bonds. The van der Waals surface area contributed by atoms with Gasteiger partial charge in [-0.25, -0.2) is 13.8 Å². The molecule has 136 valence electrons. The second kappa shape index (κ2) is 7.38. The number of halogens is 2. The van der Waals surface area contributed by atoms with Crippen molar-refractivity contribution >= 4 is 43.9 Å². The third kappa shape index (κ3) is 3.62. The molecule has 1 aromatic carbocycles. The first kappa shape index (κ1) is 17.5. The van der Waals surface area contributed by atoms with E-state index in [0.717, 1.165) is 35.1 Å². The first-order valence-electron chi connectivity index (χ1n) is 8.30. The van der Waals surface area contributed by atoms with Gasteiger partial charge in [-0.05, 0) is 30.4 Å². The lowest BCUT2D eigenvalue weighted by Gasteiger charge is -2.22. The largest absolute Gasteiger partial charge is 0.376 e. The fourth-order valence-electron chi connectivity index (χ4n) is 3.00. The molecule has 3 aromatic rings. The molecule has 0 saturated carbocycles. The van der Waals surface area contributed by atoms with E-state index in [2.05, 4.69) is 4.98 Å². The number of thiophene rings is 1. The van der Waals surface area contributed by atoms with Gasteiger partial charge in [0, 0.05) is 17.6 Å². The van der Waals surface area contributed by atoms with Crippen LogP contribution in [0.1, 0.15) is 17.7 Å². The van der Waals surface area contributed by atoms with E-state index in [0.29, 0.717) is 23.0 Å². The summed E-state index contributed by atoms with van der Waals surface area (Å²) in [6.07, 6.45) is 2.02. The molecule has 1 fully saturated rings. The number of hydrogen-bond donors (Lipinski definition) is 0. The molecule has 4 nitrogen and oxygen atoms in total. The molecule has 1 atom stereocenters. The molecule has 8 heteroatoms. The van der Waals surface area contributed by atoms with E-state index in [-0.39, 0.29) is 23.9 Å². The summed E-state index contributed by atoms with van der Waals surface area (Å²) in [5.41, 5.74) is 0.0904. The number of rotatable bonds is 5. The number of carbonyl (C=O) groups excluding carboxylic acids is 1. The standard InChI is InChI=1S/C18H16F2N2O2S2/c19-11-7-14(20)17-15(8-11)26-18(21-17)22(10-12-3-1-5-24-12)16(23)9-13-4-2-6-25-13/h2,4,6-8,12H,1,3,5,9-10H2/t12-/m1/s1. The predicted molar refractivity (Wildman–Crippen MR) is 98.9 cm³/mol. The number of aromatic nitrogens is 1. The molecule has 0 radical (unpaired) electrons. The van der Waals surface area contributed by atoms with Crippen LogP contribution in [0.2, 0.25) is 0 Å². The van der Waals surface area contributed by atoms with Gasteiger partial charge in [0.1, 0.15) is 11.3 Å². The lowest BCUT2D eigenvalue weighted by Crippen LogP contribution is -2.38. The fourth-order valence-corrected chi connectivity index (χ4v) is 4.72. The Labute approximate surface area is 157 Å². The Morgan fingerprint density at radius 2 is 2.27 bits per heavy atom. The molecule has 1 saturated heterocycles. The van der Waals surface area contributed by atoms with E-state index in [1.165, 1.54) is 17.4 Å². The minimum absolute atomic E-state index is 0.0594. The third-order valence-corrected chi connectivity index (χ3v) is 6.15. The number of hydrogen-bond acceptors (Lipinski definition) is 5. The summed E-state index contributed by atoms with van der Waals surface area (Å²) in [5.74, 6) is -1.49. The zero-order valence-electron chi connectivity index (χ0n) is 13.8. The summed E-state index contributed by atoms with van der Waals surface area (Å²) in [7, 11) is 0. The van der Waals surface area contributed by atoms with Crippen molar-refractivity contribution in [1.82, 2.24) is 4.98 Å². The van der Waals surface area contributed by atoms with Crippen molar-refractivity contribution < 1.29 is 18.3 Å². The smallest absolute Gasteiger partial charge is 0.234 e. The number of anilines is 1. The van der Waals surface area contributed by atoms with Crippen molar-refractivity contribution in [2.75, 3.05) is 18.1 Å². The average molecular weight is 394 g/mol. The minimum atomic E-state index is -0.717. The summed E-state index contributed by atoms with van der Waals surface area (Å²) in [6.45, 7) is 1.05. The monoisotopic (exact) mass is 394 g/mol. The molecule has 26 heavy (non-hydrogen) atoms. The Kier molecular flexibility index (Phi) is 4.97. The van der Waals surface area contributed by atoms with Crippen molar-refractivity contribution in [1.29, 1.82) is 0 Å². The maximum absolute atomic E-state index is 14.0. The maximum atomic E-state index is 14.0. The van der Waals surface area contributed by atoms with E-state index >= 15 is 0 Å². The van der Waals surface area contributed by atoms with Crippen molar-refractivity contribution in [2.24, 2.45) is 0 Å². The molecule has 1 aliphatic rings. The van der Waals surface area contributed by atoms with Gasteiger partial charge in [-0.2, -0.15) is 0 Å². The van der Waals surface area contributed by atoms with Crippen LogP contribution in [0.4, 0.5) is 13.9 Å². The number of nitrogens with zero attached hydrogens (tertiary/aromatic N) is 2. The van der Waals surface area contributed by atoms with Gasteiger partial charge < -0.3 is 4.74 Å². The SMILES string of the molecule is O=C(Cc1cccs1)N(C[C@H]1CCCO1)c1nc2c(F)cc(F)cc2s1. The van der Waals surface area contributed by atoms with Gasteiger partial charge in [0.2, 0.25) is 5.91 Å². The van der Waals surface area contributed by atoms with Gasteiger partial charge in [-0.1, -0.05) is 17.4 Å². The Morgan fingerprint density at radius 3 is 3.00 bits per heavy atom. The highest BCUT2D eigenvalue weighted by molar-refractivity contribution is 7.22. The Morgan fingerprint density at radius 1 is 1.38 bits per heavy atom. The van der Waals surface area contributed by atoms with Crippen LogP contribution < -0.4 is 4.90 Å². The first-order chi connectivity index (χ1) is 12.6. The van der Waals surface area contributed by atoms with Crippen molar-refractivity contribution in [3.63, 3.8) is 0 Å². The number of ether oxygens (including phenoxy) is 1. The van der Waals surface area contributed by atoms with E-state index in [1.807, 2.05) is 17.5 Å². The molecule has 0 bridgehead atoms. The lowest BCUT2D eigenvalue weighted by molar-refractivity contribution is -0.118. The van der Waals surface area contributed by atoms with E-state index in [1.54, 1.807) is 4.90 Å². The summed E-state index contributed by atoms with van der Waals surface area (Å²) >= 11 is 2.63. The summed E-state index contributed by atoms with van der Waals surface area (Å²) in [5, 5.41) is 2.30. The number of amides is 1. The highest BCUT2D eigenvalue weighted by atomic mass is 32.1. The normalized spacial score (nSPS) is 17.1. The van der Waals surface area contributed by atoms with Gasteiger partial charge >= 0.3 is 0 Å². The fraction of sp³-hybridized carbons (Fsp3) is 0.333. The van der Waals surface area contributed by atoms with Gasteiger partial charge in [0.15, 0.2) is 10.9 Å². The minimum Gasteiger partial charge on any atom is -0.376 e. The lowest BCUT2D eigenvalue weighted by atomic mass is 10.2. The second-order valence-electron chi connectivity index (χ2n) is 6.13. The Balaban J connectivity index is 1.67. The van der Waals surface area contributed by atoms with Crippen LogP contribution in [0.5, 0.6) is 0 Å².